The number of hydrogen-bond donors (Lipinski definition) is 2. The highest BCUT2D eigenvalue weighted by atomic mass is 32.2. The van der Waals surface area contributed by atoms with Gasteiger partial charge in [0, 0.05) is 18.8 Å². The van der Waals surface area contributed by atoms with E-state index in [2.05, 4.69) is 0 Å². The van der Waals surface area contributed by atoms with Gasteiger partial charge in [0.15, 0.2) is 0 Å². The zero-order valence-electron chi connectivity index (χ0n) is 12.8. The number of nitrogens with two attached hydrogens (primary N) is 1. The molecule has 0 saturated carbocycles. The maximum absolute atomic E-state index is 12.8. The molecule has 0 aromatic heterocycles. The van der Waals surface area contributed by atoms with E-state index in [4.69, 9.17) is 5.73 Å². The van der Waals surface area contributed by atoms with Gasteiger partial charge in [-0.05, 0) is 62.8 Å². The Hall–Kier alpha value is -1.11. The van der Waals surface area contributed by atoms with Crippen molar-refractivity contribution in [2.45, 2.75) is 44.6 Å². The maximum Gasteiger partial charge on any atom is 0.243 e. The molecule has 0 radical (unpaired) electrons. The summed E-state index contributed by atoms with van der Waals surface area (Å²) >= 11 is 0. The van der Waals surface area contributed by atoms with Gasteiger partial charge in [-0.25, -0.2) is 8.42 Å². The van der Waals surface area contributed by atoms with Gasteiger partial charge in [0.2, 0.25) is 10.0 Å². The molecule has 3 N–H and O–H groups in total. The number of nitrogen functional groups attached to an aromatic ring is 1. The lowest BCUT2D eigenvalue weighted by Gasteiger charge is -2.33. The van der Waals surface area contributed by atoms with Crippen molar-refractivity contribution in [1.29, 1.82) is 0 Å². The first kappa shape index (κ1) is 16.3. The highest BCUT2D eigenvalue weighted by molar-refractivity contribution is 7.89. The van der Waals surface area contributed by atoms with E-state index in [1.165, 1.54) is 4.31 Å². The highest BCUT2D eigenvalue weighted by Gasteiger charge is 2.32. The van der Waals surface area contributed by atoms with E-state index < -0.39 is 10.0 Å². The second kappa shape index (κ2) is 5.94. The van der Waals surface area contributed by atoms with Gasteiger partial charge in [-0.1, -0.05) is 0 Å². The molecule has 1 aromatic rings. The second-order valence-electron chi connectivity index (χ2n) is 5.94. The smallest absolute Gasteiger partial charge is 0.243 e. The van der Waals surface area contributed by atoms with Crippen LogP contribution >= 0.6 is 0 Å². The summed E-state index contributed by atoms with van der Waals surface area (Å²) in [5.41, 5.74) is 7.90. The number of aliphatic hydroxyl groups is 1. The average Bonchev–Trinajstić information content (AvgIpc) is 2.42. The molecule has 1 atom stereocenters. The molecule has 0 aliphatic carbocycles. The summed E-state index contributed by atoms with van der Waals surface area (Å²) in [5.74, 6) is 0.181. The Bertz CT molecular complexity index is 618. The van der Waals surface area contributed by atoms with E-state index in [1.807, 2.05) is 13.8 Å². The number of rotatable bonds is 3. The Labute approximate surface area is 126 Å². The quantitative estimate of drug-likeness (QED) is 0.832. The van der Waals surface area contributed by atoms with Crippen LogP contribution in [0.5, 0.6) is 0 Å². The normalized spacial score (nSPS) is 19.6. The largest absolute Gasteiger partial charge is 0.399 e. The summed E-state index contributed by atoms with van der Waals surface area (Å²) in [7, 11) is -3.52. The highest BCUT2D eigenvalue weighted by Crippen LogP contribution is 2.29. The van der Waals surface area contributed by atoms with Gasteiger partial charge in [-0.2, -0.15) is 4.31 Å². The summed E-state index contributed by atoms with van der Waals surface area (Å²) in [6.45, 7) is 6.34. The fraction of sp³-hybridized carbons (Fsp3) is 0.600. The topological polar surface area (TPSA) is 83.6 Å². The van der Waals surface area contributed by atoms with Crippen LogP contribution in [0.2, 0.25) is 0 Å². The van der Waals surface area contributed by atoms with Crippen LogP contribution in [0.25, 0.3) is 0 Å². The Balaban J connectivity index is 2.28. The van der Waals surface area contributed by atoms with Crippen LogP contribution in [-0.4, -0.2) is 37.0 Å². The van der Waals surface area contributed by atoms with Gasteiger partial charge < -0.3 is 10.8 Å². The van der Waals surface area contributed by atoms with Crippen LogP contribution in [0.3, 0.4) is 0 Å². The van der Waals surface area contributed by atoms with Crippen molar-refractivity contribution in [3.8, 4) is 0 Å². The number of aliphatic hydroxyl groups excluding tert-OH is 1. The van der Waals surface area contributed by atoms with Crippen LogP contribution in [0, 0.1) is 19.8 Å². The number of benzene rings is 1. The third kappa shape index (κ3) is 3.22. The van der Waals surface area contributed by atoms with Crippen LogP contribution in [0.4, 0.5) is 5.69 Å². The number of anilines is 1. The third-order valence-electron chi connectivity index (χ3n) is 4.44. The summed E-state index contributed by atoms with van der Waals surface area (Å²) in [6, 6.07) is 3.33. The van der Waals surface area contributed by atoms with Crippen LogP contribution in [0.15, 0.2) is 17.0 Å². The number of nitrogens with zero attached hydrogens (tertiary/aromatic N) is 1. The van der Waals surface area contributed by atoms with Crippen LogP contribution in [-0.2, 0) is 10.0 Å². The molecule has 1 heterocycles. The standard InChI is InChI=1S/C15H24N2O3S/c1-10-8-14(16)9-15(11(10)2)21(19,20)17-6-4-13(5-7-17)12(3)18/h8-9,12-13,18H,4-7,16H2,1-3H3. The molecule has 118 valence electrons. The molecule has 2 rings (SSSR count). The van der Waals surface area contributed by atoms with Crippen LogP contribution in [0.1, 0.15) is 30.9 Å². The molecule has 1 fully saturated rings. The molecular weight excluding hydrogens is 288 g/mol. The number of piperidine rings is 1. The van der Waals surface area contributed by atoms with Gasteiger partial charge in [0.05, 0.1) is 11.0 Å². The Kier molecular flexibility index (Phi) is 4.60. The molecule has 5 nitrogen and oxygen atoms in total. The van der Waals surface area contributed by atoms with Gasteiger partial charge in [-0.15, -0.1) is 0 Å². The molecule has 1 aliphatic heterocycles. The van der Waals surface area contributed by atoms with Gasteiger partial charge >= 0.3 is 0 Å². The Morgan fingerprint density at radius 3 is 2.38 bits per heavy atom. The lowest BCUT2D eigenvalue weighted by molar-refractivity contribution is 0.0912. The summed E-state index contributed by atoms with van der Waals surface area (Å²) in [5, 5.41) is 9.62. The van der Waals surface area contributed by atoms with Crippen molar-refractivity contribution in [3.63, 3.8) is 0 Å². The lowest BCUT2D eigenvalue weighted by atomic mass is 9.93. The predicted molar refractivity (Wildman–Crippen MR) is 83.5 cm³/mol. The second-order valence-corrected chi connectivity index (χ2v) is 7.85. The SMILES string of the molecule is Cc1cc(N)cc(S(=O)(=O)N2CCC(C(C)O)CC2)c1C. The summed E-state index contributed by atoms with van der Waals surface area (Å²) in [4.78, 5) is 0.301. The lowest BCUT2D eigenvalue weighted by Crippen LogP contribution is -2.40. The zero-order chi connectivity index (χ0) is 15.8. The summed E-state index contributed by atoms with van der Waals surface area (Å²) < 4.78 is 27.1. The van der Waals surface area contributed by atoms with E-state index in [-0.39, 0.29) is 12.0 Å². The molecule has 6 heteroatoms. The van der Waals surface area contributed by atoms with E-state index >= 15 is 0 Å². The van der Waals surface area contributed by atoms with Crippen molar-refractivity contribution in [1.82, 2.24) is 4.31 Å². The molecule has 21 heavy (non-hydrogen) atoms. The monoisotopic (exact) mass is 312 g/mol. The van der Waals surface area contributed by atoms with Crippen LogP contribution < -0.4 is 5.73 Å². The van der Waals surface area contributed by atoms with Crippen molar-refractivity contribution in [2.24, 2.45) is 5.92 Å². The fourth-order valence-electron chi connectivity index (χ4n) is 2.86. The molecular formula is C15H24N2O3S. The fourth-order valence-corrected chi connectivity index (χ4v) is 4.66. The van der Waals surface area contributed by atoms with Crippen molar-refractivity contribution < 1.29 is 13.5 Å². The van der Waals surface area contributed by atoms with Gasteiger partial charge in [0.25, 0.3) is 0 Å². The minimum Gasteiger partial charge on any atom is -0.399 e. The van der Waals surface area contributed by atoms with E-state index in [9.17, 15) is 13.5 Å². The number of hydrogen-bond acceptors (Lipinski definition) is 4. The van der Waals surface area contributed by atoms with E-state index in [0.717, 1.165) is 11.1 Å². The van der Waals surface area contributed by atoms with Crippen molar-refractivity contribution >= 4 is 15.7 Å². The molecule has 0 spiro atoms. The Morgan fingerprint density at radius 2 is 1.86 bits per heavy atom. The van der Waals surface area contributed by atoms with E-state index in [1.54, 1.807) is 19.1 Å². The molecule has 0 bridgehead atoms. The first-order valence-electron chi connectivity index (χ1n) is 7.28. The minimum atomic E-state index is -3.52. The third-order valence-corrected chi connectivity index (χ3v) is 6.47. The average molecular weight is 312 g/mol. The summed E-state index contributed by atoms with van der Waals surface area (Å²) in [6.07, 6.45) is 1.00. The number of aryl methyl sites for hydroxylation is 1. The van der Waals surface area contributed by atoms with Crippen molar-refractivity contribution in [2.75, 3.05) is 18.8 Å². The Morgan fingerprint density at radius 1 is 1.29 bits per heavy atom. The molecule has 1 aliphatic rings. The predicted octanol–water partition coefficient (Wildman–Crippen LogP) is 1.67. The molecule has 0 amide bonds. The minimum absolute atomic E-state index is 0.181. The van der Waals surface area contributed by atoms with E-state index in [0.29, 0.717) is 36.5 Å². The van der Waals surface area contributed by atoms with Gasteiger partial charge in [-0.3, -0.25) is 0 Å². The first-order chi connectivity index (χ1) is 9.73. The van der Waals surface area contributed by atoms with Crippen molar-refractivity contribution in [3.05, 3.63) is 23.3 Å². The molecule has 1 saturated heterocycles. The van der Waals surface area contributed by atoms with Gasteiger partial charge in [0.1, 0.15) is 0 Å². The molecule has 1 unspecified atom stereocenters. The number of sulfonamides is 1. The zero-order valence-corrected chi connectivity index (χ0v) is 13.7. The maximum atomic E-state index is 12.8. The first-order valence-corrected chi connectivity index (χ1v) is 8.72. The molecule has 1 aromatic carbocycles.